The van der Waals surface area contributed by atoms with Crippen molar-refractivity contribution in [2.45, 2.75) is 31.8 Å². The Labute approximate surface area is 79.9 Å². The molecule has 1 atom stereocenters. The predicted molar refractivity (Wildman–Crippen MR) is 42.9 cm³/mol. The van der Waals surface area contributed by atoms with Gasteiger partial charge in [0.2, 0.25) is 11.9 Å². The lowest BCUT2D eigenvalue weighted by Gasteiger charge is -2.18. The molecule has 1 N–H and O–H groups in total. The Hall–Kier alpha value is -1.04. The molecule has 0 fully saturated rings. The molecule has 0 aromatic heterocycles. The number of methoxy groups -OCH3 is 1. The molecule has 0 bridgehead atoms. The number of esters is 1. The molecular formula is C8H12F2O4. The molecule has 82 valence electrons. The van der Waals surface area contributed by atoms with Crippen LogP contribution >= 0.6 is 0 Å². The number of ether oxygens (including phenoxy) is 1. The van der Waals surface area contributed by atoms with E-state index in [1.165, 1.54) is 0 Å². The summed E-state index contributed by atoms with van der Waals surface area (Å²) in [6.07, 6.45) is -2.88. The van der Waals surface area contributed by atoms with Crippen LogP contribution in [0.25, 0.3) is 0 Å². The predicted octanol–water partition coefficient (Wildman–Crippen LogP) is 0.525. The molecule has 4 nitrogen and oxygen atoms in total. The van der Waals surface area contributed by atoms with Gasteiger partial charge >= 0.3 is 11.9 Å². The van der Waals surface area contributed by atoms with Crippen molar-refractivity contribution in [2.75, 3.05) is 7.11 Å². The molecule has 0 aliphatic carbocycles. The summed E-state index contributed by atoms with van der Waals surface area (Å²) in [5.74, 6) is -7.04. The van der Waals surface area contributed by atoms with E-state index >= 15 is 0 Å². The fourth-order valence-corrected chi connectivity index (χ4v) is 0.806. The SMILES string of the molecule is CCCC(=O)C(F)(F)C(O)C(=O)OC. The van der Waals surface area contributed by atoms with Crippen LogP contribution in [0.3, 0.4) is 0 Å². The molecule has 14 heavy (non-hydrogen) atoms. The maximum absolute atomic E-state index is 12.9. The maximum atomic E-state index is 12.9. The van der Waals surface area contributed by atoms with Crippen molar-refractivity contribution in [1.82, 2.24) is 0 Å². The van der Waals surface area contributed by atoms with Gasteiger partial charge in [-0.3, -0.25) is 4.79 Å². The highest BCUT2D eigenvalue weighted by molar-refractivity contribution is 5.92. The van der Waals surface area contributed by atoms with Crippen LogP contribution in [-0.2, 0) is 14.3 Å². The van der Waals surface area contributed by atoms with Crippen molar-refractivity contribution in [1.29, 1.82) is 0 Å². The van der Waals surface area contributed by atoms with E-state index in [2.05, 4.69) is 4.74 Å². The van der Waals surface area contributed by atoms with Gasteiger partial charge in [0.1, 0.15) is 0 Å². The largest absolute Gasteiger partial charge is 0.467 e. The third-order valence-corrected chi connectivity index (χ3v) is 1.62. The van der Waals surface area contributed by atoms with Crippen LogP contribution in [0.4, 0.5) is 8.78 Å². The molecular weight excluding hydrogens is 198 g/mol. The van der Waals surface area contributed by atoms with E-state index in [0.717, 1.165) is 7.11 Å². The van der Waals surface area contributed by atoms with Gasteiger partial charge in [0.15, 0.2) is 0 Å². The van der Waals surface area contributed by atoms with E-state index in [9.17, 15) is 18.4 Å². The van der Waals surface area contributed by atoms with E-state index in [0.29, 0.717) is 0 Å². The van der Waals surface area contributed by atoms with Crippen molar-refractivity contribution in [2.24, 2.45) is 0 Å². The first-order chi connectivity index (χ1) is 6.37. The molecule has 0 rings (SSSR count). The normalized spacial score (nSPS) is 13.5. The molecule has 0 saturated carbocycles. The minimum absolute atomic E-state index is 0.225. The standard InChI is InChI=1S/C8H12F2O4/c1-3-4-5(11)8(9,10)6(12)7(13)14-2/h6,12H,3-4H2,1-2H3. The van der Waals surface area contributed by atoms with Crippen LogP contribution in [0.5, 0.6) is 0 Å². The first kappa shape index (κ1) is 13.0. The van der Waals surface area contributed by atoms with E-state index in [4.69, 9.17) is 5.11 Å². The fraction of sp³-hybridized carbons (Fsp3) is 0.750. The molecule has 0 aromatic rings. The zero-order valence-electron chi connectivity index (χ0n) is 7.92. The average Bonchev–Trinajstić information content (AvgIpc) is 2.15. The monoisotopic (exact) mass is 210 g/mol. The van der Waals surface area contributed by atoms with E-state index in [1.807, 2.05) is 0 Å². The molecule has 0 aromatic carbocycles. The molecule has 0 amide bonds. The number of carbonyl (C=O) groups excluding carboxylic acids is 2. The molecule has 1 unspecified atom stereocenters. The minimum Gasteiger partial charge on any atom is -0.467 e. The summed E-state index contributed by atoms with van der Waals surface area (Å²) in [7, 11) is 0.853. The summed E-state index contributed by atoms with van der Waals surface area (Å²) in [6.45, 7) is 1.54. The Kier molecular flexibility index (Phi) is 4.62. The number of carbonyl (C=O) groups is 2. The maximum Gasteiger partial charge on any atom is 0.341 e. The molecule has 6 heteroatoms. The smallest absolute Gasteiger partial charge is 0.341 e. The first-order valence-electron chi connectivity index (χ1n) is 4.04. The Morgan fingerprint density at radius 1 is 1.50 bits per heavy atom. The lowest BCUT2D eigenvalue weighted by molar-refractivity contribution is -0.181. The van der Waals surface area contributed by atoms with Gasteiger partial charge in [-0.25, -0.2) is 4.79 Å². The van der Waals surface area contributed by atoms with Gasteiger partial charge in [-0.15, -0.1) is 0 Å². The Morgan fingerprint density at radius 2 is 2.00 bits per heavy atom. The van der Waals surface area contributed by atoms with Crippen molar-refractivity contribution >= 4 is 11.8 Å². The fourth-order valence-electron chi connectivity index (χ4n) is 0.806. The highest BCUT2D eigenvalue weighted by Crippen LogP contribution is 2.23. The molecule has 0 heterocycles. The summed E-state index contributed by atoms with van der Waals surface area (Å²) in [6, 6.07) is 0. The second kappa shape index (κ2) is 4.99. The molecule has 0 aliphatic rings. The van der Waals surface area contributed by atoms with Crippen LogP contribution in [0.15, 0.2) is 0 Å². The van der Waals surface area contributed by atoms with Gasteiger partial charge in [-0.1, -0.05) is 6.92 Å². The van der Waals surface area contributed by atoms with E-state index in [-0.39, 0.29) is 12.8 Å². The van der Waals surface area contributed by atoms with Gasteiger partial charge in [0.25, 0.3) is 0 Å². The minimum atomic E-state index is -4.07. The zero-order valence-corrected chi connectivity index (χ0v) is 7.92. The summed E-state index contributed by atoms with van der Waals surface area (Å²) in [4.78, 5) is 21.4. The van der Waals surface area contributed by atoms with Crippen LogP contribution in [0.2, 0.25) is 0 Å². The molecule has 0 spiro atoms. The molecule has 0 saturated heterocycles. The summed E-state index contributed by atoms with van der Waals surface area (Å²) in [5.41, 5.74) is 0. The van der Waals surface area contributed by atoms with Crippen LogP contribution in [0.1, 0.15) is 19.8 Å². The number of aliphatic hydroxyl groups excluding tert-OH is 1. The molecule has 0 radical (unpaired) electrons. The average molecular weight is 210 g/mol. The quantitative estimate of drug-likeness (QED) is 0.672. The number of alkyl halides is 2. The Morgan fingerprint density at radius 3 is 2.36 bits per heavy atom. The number of halogens is 2. The second-order valence-electron chi connectivity index (χ2n) is 2.72. The van der Waals surface area contributed by atoms with Crippen molar-refractivity contribution in [3.8, 4) is 0 Å². The van der Waals surface area contributed by atoms with Crippen LogP contribution < -0.4 is 0 Å². The first-order valence-corrected chi connectivity index (χ1v) is 4.04. The van der Waals surface area contributed by atoms with Crippen LogP contribution in [0, 0.1) is 0 Å². The number of ketones is 1. The van der Waals surface area contributed by atoms with Gasteiger partial charge in [0.05, 0.1) is 7.11 Å². The number of Topliss-reactive ketones (excluding diaryl/α,β-unsaturated/α-hetero) is 1. The second-order valence-corrected chi connectivity index (χ2v) is 2.72. The number of aliphatic hydroxyl groups is 1. The summed E-state index contributed by atoms with van der Waals surface area (Å²) >= 11 is 0. The highest BCUT2D eigenvalue weighted by Gasteiger charge is 2.49. The topological polar surface area (TPSA) is 63.6 Å². The van der Waals surface area contributed by atoms with Crippen LogP contribution in [-0.4, -0.2) is 36.0 Å². The van der Waals surface area contributed by atoms with Gasteiger partial charge in [-0.2, -0.15) is 8.78 Å². The number of hydrogen-bond donors (Lipinski definition) is 1. The van der Waals surface area contributed by atoms with E-state index < -0.39 is 23.8 Å². The van der Waals surface area contributed by atoms with Crippen molar-refractivity contribution in [3.63, 3.8) is 0 Å². The van der Waals surface area contributed by atoms with E-state index in [1.54, 1.807) is 6.92 Å². The number of hydrogen-bond acceptors (Lipinski definition) is 4. The number of rotatable bonds is 5. The summed E-state index contributed by atoms with van der Waals surface area (Å²) in [5, 5.41) is 8.80. The Balaban J connectivity index is 4.59. The third kappa shape index (κ3) is 2.73. The molecule has 0 aliphatic heterocycles. The zero-order chi connectivity index (χ0) is 11.4. The Bertz CT molecular complexity index is 227. The lowest BCUT2D eigenvalue weighted by Crippen LogP contribution is -2.46. The highest BCUT2D eigenvalue weighted by atomic mass is 19.3. The third-order valence-electron chi connectivity index (χ3n) is 1.62. The van der Waals surface area contributed by atoms with Crippen molar-refractivity contribution < 1.29 is 28.2 Å². The van der Waals surface area contributed by atoms with Gasteiger partial charge in [-0.05, 0) is 6.42 Å². The van der Waals surface area contributed by atoms with Gasteiger partial charge in [0, 0.05) is 6.42 Å². The van der Waals surface area contributed by atoms with Gasteiger partial charge < -0.3 is 9.84 Å². The summed E-state index contributed by atoms with van der Waals surface area (Å²) < 4.78 is 29.8. The lowest BCUT2D eigenvalue weighted by atomic mass is 10.0. The van der Waals surface area contributed by atoms with Crippen molar-refractivity contribution in [3.05, 3.63) is 0 Å².